The highest BCUT2D eigenvalue weighted by Crippen LogP contribution is 2.28. The van der Waals surface area contributed by atoms with Gasteiger partial charge in [-0.2, -0.15) is 5.10 Å². The van der Waals surface area contributed by atoms with Crippen LogP contribution in [0.15, 0.2) is 36.5 Å². The van der Waals surface area contributed by atoms with Crippen molar-refractivity contribution in [1.29, 1.82) is 0 Å². The summed E-state index contributed by atoms with van der Waals surface area (Å²) >= 11 is 0. The average Bonchev–Trinajstić information content (AvgIpc) is 3.15. The number of aromatic nitrogens is 2. The molecular formula is C16H18FN3O2. The molecule has 116 valence electrons. The van der Waals surface area contributed by atoms with Gasteiger partial charge in [0.1, 0.15) is 11.5 Å². The van der Waals surface area contributed by atoms with Crippen molar-refractivity contribution in [2.45, 2.75) is 31.3 Å². The van der Waals surface area contributed by atoms with Crippen LogP contribution in [0.3, 0.4) is 0 Å². The maximum Gasteiger partial charge on any atom is 0.271 e. The van der Waals surface area contributed by atoms with Crippen LogP contribution in [0.2, 0.25) is 0 Å². The predicted molar refractivity (Wildman–Crippen MR) is 79.3 cm³/mol. The molecule has 1 aromatic carbocycles. The molecule has 0 radical (unpaired) electrons. The molecule has 1 saturated carbocycles. The fourth-order valence-electron chi connectivity index (χ4n) is 2.76. The number of para-hydroxylation sites is 1. The topological polar surface area (TPSA) is 67.2 Å². The zero-order chi connectivity index (χ0) is 15.6. The number of hydrogen-bond acceptors (Lipinski definition) is 3. The second-order valence-corrected chi connectivity index (χ2v) is 5.71. The van der Waals surface area contributed by atoms with Gasteiger partial charge in [0.15, 0.2) is 5.69 Å². The molecule has 1 fully saturated rings. The predicted octanol–water partition coefficient (Wildman–Crippen LogP) is 2.05. The van der Waals surface area contributed by atoms with Gasteiger partial charge >= 0.3 is 0 Å². The van der Waals surface area contributed by atoms with Crippen LogP contribution < -0.4 is 5.32 Å². The summed E-state index contributed by atoms with van der Waals surface area (Å²) in [6.45, 7) is 0.221. The number of hydrogen-bond donors (Lipinski definition) is 2. The molecule has 0 spiro atoms. The molecule has 3 rings (SSSR count). The summed E-state index contributed by atoms with van der Waals surface area (Å²) in [5.41, 5.74) is -0.315. The summed E-state index contributed by atoms with van der Waals surface area (Å²) in [6, 6.07) is 7.76. The molecule has 0 saturated heterocycles. The van der Waals surface area contributed by atoms with Gasteiger partial charge in [-0.1, -0.05) is 25.0 Å². The zero-order valence-corrected chi connectivity index (χ0v) is 12.1. The molecule has 1 heterocycles. The van der Waals surface area contributed by atoms with E-state index in [0.717, 1.165) is 12.8 Å². The number of rotatable bonds is 4. The first-order chi connectivity index (χ1) is 10.6. The van der Waals surface area contributed by atoms with Crippen molar-refractivity contribution in [2.75, 3.05) is 6.54 Å². The van der Waals surface area contributed by atoms with Crippen LogP contribution in [0, 0.1) is 5.82 Å². The van der Waals surface area contributed by atoms with Crippen LogP contribution in [0.25, 0.3) is 5.69 Å². The van der Waals surface area contributed by atoms with E-state index in [0.29, 0.717) is 12.8 Å². The van der Waals surface area contributed by atoms with Crippen LogP contribution in [-0.4, -0.2) is 32.9 Å². The molecule has 22 heavy (non-hydrogen) atoms. The van der Waals surface area contributed by atoms with Crippen molar-refractivity contribution in [3.05, 3.63) is 48.0 Å². The van der Waals surface area contributed by atoms with E-state index in [9.17, 15) is 14.3 Å². The van der Waals surface area contributed by atoms with E-state index in [1.807, 2.05) is 0 Å². The lowest BCUT2D eigenvalue weighted by Crippen LogP contribution is -2.40. The molecule has 0 atom stereocenters. The Kier molecular flexibility index (Phi) is 3.94. The van der Waals surface area contributed by atoms with E-state index in [1.165, 1.54) is 23.0 Å². The third-order valence-electron chi connectivity index (χ3n) is 4.03. The first-order valence-electron chi connectivity index (χ1n) is 7.39. The molecule has 1 aliphatic carbocycles. The Bertz CT molecular complexity index is 678. The van der Waals surface area contributed by atoms with Crippen molar-refractivity contribution in [2.24, 2.45) is 0 Å². The summed E-state index contributed by atoms with van der Waals surface area (Å²) in [6.07, 6.45) is 4.91. The first kappa shape index (κ1) is 14.7. The number of nitrogens with one attached hydrogen (secondary N) is 1. The molecule has 2 aromatic rings. The van der Waals surface area contributed by atoms with Gasteiger partial charge in [0.05, 0.1) is 5.60 Å². The summed E-state index contributed by atoms with van der Waals surface area (Å²) in [4.78, 5) is 12.1. The quantitative estimate of drug-likeness (QED) is 0.908. The number of carbonyl (C=O) groups is 1. The monoisotopic (exact) mass is 303 g/mol. The minimum Gasteiger partial charge on any atom is -0.388 e. The Hall–Kier alpha value is -2.21. The van der Waals surface area contributed by atoms with Gasteiger partial charge in [-0.25, -0.2) is 9.07 Å². The Morgan fingerprint density at radius 3 is 2.77 bits per heavy atom. The number of aliphatic hydroxyl groups is 1. The Morgan fingerprint density at radius 2 is 2.05 bits per heavy atom. The fraction of sp³-hybridized carbons (Fsp3) is 0.375. The second kappa shape index (κ2) is 5.88. The normalized spacial score (nSPS) is 16.6. The fourth-order valence-corrected chi connectivity index (χ4v) is 2.76. The highest BCUT2D eigenvalue weighted by atomic mass is 19.1. The standard InChI is InChI=1S/C16H18FN3O2/c17-12-5-1-2-6-14(12)20-10-7-13(19-20)15(21)18-11-16(22)8-3-4-9-16/h1-2,5-7,10,22H,3-4,8-9,11H2,(H,18,21). The van der Waals surface area contributed by atoms with Crippen LogP contribution in [0.4, 0.5) is 4.39 Å². The molecule has 1 amide bonds. The Balaban J connectivity index is 1.68. The van der Waals surface area contributed by atoms with Gasteiger partial charge < -0.3 is 10.4 Å². The summed E-state index contributed by atoms with van der Waals surface area (Å²) in [5, 5.41) is 17.0. The summed E-state index contributed by atoms with van der Waals surface area (Å²) in [5.74, 6) is -0.770. The summed E-state index contributed by atoms with van der Waals surface area (Å²) < 4.78 is 15.0. The molecule has 2 N–H and O–H groups in total. The molecular weight excluding hydrogens is 285 g/mol. The smallest absolute Gasteiger partial charge is 0.271 e. The minimum atomic E-state index is -0.802. The van der Waals surface area contributed by atoms with E-state index in [4.69, 9.17) is 0 Å². The van der Waals surface area contributed by atoms with Crippen molar-refractivity contribution < 1.29 is 14.3 Å². The highest BCUT2D eigenvalue weighted by molar-refractivity contribution is 5.92. The lowest BCUT2D eigenvalue weighted by Gasteiger charge is -2.21. The molecule has 5 nitrogen and oxygen atoms in total. The second-order valence-electron chi connectivity index (χ2n) is 5.71. The summed E-state index contributed by atoms with van der Waals surface area (Å²) in [7, 11) is 0. The van der Waals surface area contributed by atoms with Crippen LogP contribution in [-0.2, 0) is 0 Å². The highest BCUT2D eigenvalue weighted by Gasteiger charge is 2.31. The number of nitrogens with zero attached hydrogens (tertiary/aromatic N) is 2. The van der Waals surface area contributed by atoms with Crippen molar-refractivity contribution >= 4 is 5.91 Å². The molecule has 0 unspecified atom stereocenters. The third-order valence-corrected chi connectivity index (χ3v) is 4.03. The maximum atomic E-state index is 13.7. The van der Waals surface area contributed by atoms with E-state index in [-0.39, 0.29) is 23.8 Å². The van der Waals surface area contributed by atoms with E-state index in [1.54, 1.807) is 18.2 Å². The van der Waals surface area contributed by atoms with Crippen molar-refractivity contribution in [3.63, 3.8) is 0 Å². The van der Waals surface area contributed by atoms with Crippen molar-refractivity contribution in [1.82, 2.24) is 15.1 Å². The molecule has 0 aliphatic heterocycles. The number of carbonyl (C=O) groups excluding carboxylic acids is 1. The van der Waals surface area contributed by atoms with Gasteiger partial charge in [-0.05, 0) is 31.0 Å². The van der Waals surface area contributed by atoms with Crippen molar-refractivity contribution in [3.8, 4) is 5.69 Å². The van der Waals surface area contributed by atoms with E-state index in [2.05, 4.69) is 10.4 Å². The number of benzene rings is 1. The van der Waals surface area contributed by atoms with E-state index < -0.39 is 11.4 Å². The Labute approximate surface area is 127 Å². The largest absolute Gasteiger partial charge is 0.388 e. The molecule has 1 aromatic heterocycles. The third kappa shape index (κ3) is 3.01. The minimum absolute atomic E-state index is 0.199. The lowest BCUT2D eigenvalue weighted by atomic mass is 10.0. The maximum absolute atomic E-state index is 13.7. The average molecular weight is 303 g/mol. The van der Waals surface area contributed by atoms with Gasteiger partial charge in [0.25, 0.3) is 5.91 Å². The number of halogens is 1. The Morgan fingerprint density at radius 1 is 1.32 bits per heavy atom. The lowest BCUT2D eigenvalue weighted by molar-refractivity contribution is 0.0448. The molecule has 0 bridgehead atoms. The van der Waals surface area contributed by atoms with Crippen LogP contribution >= 0.6 is 0 Å². The van der Waals surface area contributed by atoms with Gasteiger partial charge in [0, 0.05) is 12.7 Å². The SMILES string of the molecule is O=C(NCC1(O)CCCC1)c1ccn(-c2ccccc2F)n1. The van der Waals surface area contributed by atoms with Gasteiger partial charge in [-0.15, -0.1) is 0 Å². The first-order valence-corrected chi connectivity index (χ1v) is 7.39. The molecule has 1 aliphatic rings. The number of amides is 1. The molecule has 6 heteroatoms. The van der Waals surface area contributed by atoms with E-state index >= 15 is 0 Å². The van der Waals surface area contributed by atoms with Crippen LogP contribution in [0.1, 0.15) is 36.2 Å². The zero-order valence-electron chi connectivity index (χ0n) is 12.1. The van der Waals surface area contributed by atoms with Gasteiger partial charge in [-0.3, -0.25) is 4.79 Å². The van der Waals surface area contributed by atoms with Gasteiger partial charge in [0.2, 0.25) is 0 Å². The van der Waals surface area contributed by atoms with Crippen LogP contribution in [0.5, 0.6) is 0 Å².